The monoisotopic (exact) mass is 502 g/mol. The van der Waals surface area contributed by atoms with Crippen molar-refractivity contribution in [3.05, 3.63) is 101 Å². The van der Waals surface area contributed by atoms with Crippen molar-refractivity contribution in [2.75, 3.05) is 13.2 Å². The van der Waals surface area contributed by atoms with Crippen LogP contribution in [0.3, 0.4) is 0 Å². The lowest BCUT2D eigenvalue weighted by Gasteiger charge is -2.17. The summed E-state index contributed by atoms with van der Waals surface area (Å²) in [4.78, 5) is 37.5. The molecule has 0 bridgehead atoms. The first-order chi connectivity index (χ1) is 17.9. The minimum absolute atomic E-state index is 0.131. The molecule has 0 saturated carbocycles. The SMILES string of the molecule is Cc1ccc(C(=O)Oc2ccc(C(=O)OC3COC4C3OC[C@H]4OC(=O)c3ccc(C)cc3)cc2)cc1. The first kappa shape index (κ1) is 24.7. The Balaban J connectivity index is 1.14. The fourth-order valence-electron chi connectivity index (χ4n) is 4.25. The number of ether oxygens (including phenoxy) is 5. The molecule has 2 fully saturated rings. The normalized spacial score (nSPS) is 22.2. The Morgan fingerprint density at radius 2 is 0.973 bits per heavy atom. The number of esters is 3. The summed E-state index contributed by atoms with van der Waals surface area (Å²) in [5.74, 6) is -1.19. The lowest BCUT2D eigenvalue weighted by atomic mass is 10.1. The van der Waals surface area contributed by atoms with Crippen molar-refractivity contribution in [3.63, 3.8) is 0 Å². The van der Waals surface area contributed by atoms with Crippen LogP contribution in [0.15, 0.2) is 72.8 Å². The van der Waals surface area contributed by atoms with E-state index in [9.17, 15) is 14.4 Å². The Bertz CT molecular complexity index is 1280. The predicted molar refractivity (Wildman–Crippen MR) is 132 cm³/mol. The van der Waals surface area contributed by atoms with Crippen molar-refractivity contribution in [1.82, 2.24) is 0 Å². The zero-order valence-corrected chi connectivity index (χ0v) is 20.4. The molecule has 2 saturated heterocycles. The summed E-state index contributed by atoms with van der Waals surface area (Å²) in [6, 6.07) is 20.3. The molecule has 0 radical (unpaired) electrons. The van der Waals surface area contributed by atoms with Crippen LogP contribution in [-0.4, -0.2) is 55.5 Å². The Hall–Kier alpha value is -4.01. The van der Waals surface area contributed by atoms with Crippen LogP contribution in [0, 0.1) is 13.8 Å². The van der Waals surface area contributed by atoms with Crippen molar-refractivity contribution in [2.45, 2.75) is 38.3 Å². The molecule has 8 heteroatoms. The number of rotatable bonds is 6. The van der Waals surface area contributed by atoms with Crippen LogP contribution in [0.4, 0.5) is 0 Å². The number of fused-ring (bicyclic) bond motifs is 1. The average Bonchev–Trinajstić information content (AvgIpc) is 3.48. The van der Waals surface area contributed by atoms with Gasteiger partial charge < -0.3 is 23.7 Å². The Kier molecular flexibility index (Phi) is 7.03. The summed E-state index contributed by atoms with van der Waals surface area (Å²) < 4.78 is 28.1. The van der Waals surface area contributed by atoms with Gasteiger partial charge in [-0.15, -0.1) is 0 Å². The third-order valence-electron chi connectivity index (χ3n) is 6.35. The third-order valence-corrected chi connectivity index (χ3v) is 6.35. The lowest BCUT2D eigenvalue weighted by Crippen LogP contribution is -2.36. The molecule has 0 amide bonds. The van der Waals surface area contributed by atoms with E-state index in [4.69, 9.17) is 23.7 Å². The van der Waals surface area contributed by atoms with Crippen LogP contribution < -0.4 is 4.74 Å². The van der Waals surface area contributed by atoms with Crippen molar-refractivity contribution < 1.29 is 38.1 Å². The molecule has 3 aromatic rings. The van der Waals surface area contributed by atoms with E-state index in [-0.39, 0.29) is 13.2 Å². The van der Waals surface area contributed by atoms with E-state index in [1.54, 1.807) is 24.3 Å². The molecule has 2 heterocycles. The lowest BCUT2D eigenvalue weighted by molar-refractivity contribution is -0.0287. The van der Waals surface area contributed by atoms with Gasteiger partial charge in [0.15, 0.2) is 12.2 Å². The van der Waals surface area contributed by atoms with Crippen molar-refractivity contribution >= 4 is 17.9 Å². The first-order valence-corrected chi connectivity index (χ1v) is 12.0. The summed E-state index contributed by atoms with van der Waals surface area (Å²) in [6.07, 6.45) is -2.28. The van der Waals surface area contributed by atoms with E-state index in [0.29, 0.717) is 22.4 Å². The summed E-state index contributed by atoms with van der Waals surface area (Å²) in [7, 11) is 0. The smallest absolute Gasteiger partial charge is 0.343 e. The minimum atomic E-state index is -0.639. The Labute approximate surface area is 214 Å². The van der Waals surface area contributed by atoms with Crippen LogP contribution in [0.1, 0.15) is 42.2 Å². The molecule has 4 atom stereocenters. The molecule has 2 aliphatic rings. The molecule has 0 aliphatic carbocycles. The van der Waals surface area contributed by atoms with Gasteiger partial charge in [-0.2, -0.15) is 0 Å². The van der Waals surface area contributed by atoms with Gasteiger partial charge in [-0.25, -0.2) is 14.4 Å². The van der Waals surface area contributed by atoms with Gasteiger partial charge in [0.25, 0.3) is 0 Å². The molecular formula is C29H26O8. The molecule has 8 nitrogen and oxygen atoms in total. The van der Waals surface area contributed by atoms with Gasteiger partial charge in [-0.05, 0) is 62.4 Å². The molecule has 0 spiro atoms. The van der Waals surface area contributed by atoms with E-state index in [0.717, 1.165) is 11.1 Å². The van der Waals surface area contributed by atoms with Crippen LogP contribution in [0.25, 0.3) is 0 Å². The van der Waals surface area contributed by atoms with Gasteiger partial charge in [0.1, 0.15) is 18.0 Å². The zero-order chi connectivity index (χ0) is 25.9. The maximum absolute atomic E-state index is 12.7. The van der Waals surface area contributed by atoms with Crippen molar-refractivity contribution in [2.24, 2.45) is 0 Å². The third kappa shape index (κ3) is 5.55. The highest BCUT2D eigenvalue weighted by Gasteiger charge is 2.51. The maximum atomic E-state index is 12.7. The van der Waals surface area contributed by atoms with Crippen LogP contribution in [0.5, 0.6) is 5.75 Å². The quantitative estimate of drug-likeness (QED) is 0.368. The standard InChI is InChI=1S/C29H26O8/c1-17-3-7-19(8-4-17)27(30)35-22-13-11-21(12-14-22)29(32)37-24-16-34-25-23(15-33-26(24)25)36-28(31)20-9-5-18(2)6-10-20/h3-14,23-26H,15-16H2,1-2H3/t23-,24?,25?,26?/m1/s1. The van der Waals surface area contributed by atoms with Gasteiger partial charge >= 0.3 is 17.9 Å². The van der Waals surface area contributed by atoms with E-state index in [2.05, 4.69) is 0 Å². The van der Waals surface area contributed by atoms with E-state index >= 15 is 0 Å². The highest BCUT2D eigenvalue weighted by molar-refractivity contribution is 5.92. The molecule has 3 unspecified atom stereocenters. The maximum Gasteiger partial charge on any atom is 0.343 e. The predicted octanol–water partition coefficient (Wildman–Crippen LogP) is 4.07. The molecule has 0 N–H and O–H groups in total. The number of carbonyl (C=O) groups is 3. The molecule has 3 aromatic carbocycles. The second-order valence-corrected chi connectivity index (χ2v) is 9.13. The second-order valence-electron chi connectivity index (χ2n) is 9.13. The fraction of sp³-hybridized carbons (Fsp3) is 0.276. The fourth-order valence-corrected chi connectivity index (χ4v) is 4.25. The highest BCUT2D eigenvalue weighted by Crippen LogP contribution is 2.31. The van der Waals surface area contributed by atoms with E-state index in [1.165, 1.54) is 24.3 Å². The number of hydrogen-bond acceptors (Lipinski definition) is 8. The largest absolute Gasteiger partial charge is 0.453 e. The van der Waals surface area contributed by atoms with Crippen LogP contribution in [0.2, 0.25) is 0 Å². The summed E-state index contributed by atoms with van der Waals surface area (Å²) in [5.41, 5.74) is 3.26. The van der Waals surface area contributed by atoms with Gasteiger partial charge in [-0.1, -0.05) is 35.4 Å². The highest BCUT2D eigenvalue weighted by atomic mass is 16.7. The molecule has 0 aromatic heterocycles. The van der Waals surface area contributed by atoms with E-state index < -0.39 is 42.3 Å². The van der Waals surface area contributed by atoms with Crippen molar-refractivity contribution in [3.8, 4) is 5.75 Å². The first-order valence-electron chi connectivity index (χ1n) is 12.0. The molecule has 190 valence electrons. The number of carbonyl (C=O) groups excluding carboxylic acids is 3. The molecule has 2 aliphatic heterocycles. The molecule has 37 heavy (non-hydrogen) atoms. The average molecular weight is 503 g/mol. The molecule has 5 rings (SSSR count). The Morgan fingerprint density at radius 3 is 1.41 bits per heavy atom. The van der Waals surface area contributed by atoms with Gasteiger partial charge in [0, 0.05) is 0 Å². The minimum Gasteiger partial charge on any atom is -0.453 e. The zero-order valence-electron chi connectivity index (χ0n) is 20.4. The number of hydrogen-bond donors (Lipinski definition) is 0. The topological polar surface area (TPSA) is 97.4 Å². The van der Waals surface area contributed by atoms with Gasteiger partial charge in [0.05, 0.1) is 29.9 Å². The van der Waals surface area contributed by atoms with Gasteiger partial charge in [0.2, 0.25) is 0 Å². The summed E-state index contributed by atoms with van der Waals surface area (Å²) in [5, 5.41) is 0. The number of benzene rings is 3. The summed E-state index contributed by atoms with van der Waals surface area (Å²) in [6.45, 7) is 4.16. The molecular weight excluding hydrogens is 476 g/mol. The van der Waals surface area contributed by atoms with Crippen LogP contribution >= 0.6 is 0 Å². The van der Waals surface area contributed by atoms with Crippen molar-refractivity contribution in [1.29, 1.82) is 0 Å². The van der Waals surface area contributed by atoms with Crippen LogP contribution in [-0.2, 0) is 18.9 Å². The van der Waals surface area contributed by atoms with E-state index in [1.807, 2.05) is 38.1 Å². The number of aryl methyl sites for hydroxylation is 2. The van der Waals surface area contributed by atoms with Gasteiger partial charge in [-0.3, -0.25) is 0 Å². The second kappa shape index (κ2) is 10.5. The summed E-state index contributed by atoms with van der Waals surface area (Å²) >= 11 is 0. The Morgan fingerprint density at radius 1 is 0.595 bits per heavy atom.